The molecule has 0 aliphatic heterocycles. The van der Waals surface area contributed by atoms with Crippen molar-refractivity contribution >= 4 is 17.6 Å². The number of fused-ring (bicyclic) bond motifs is 1. The molecule has 0 radical (unpaired) electrons. The zero-order valence-electron chi connectivity index (χ0n) is 12.0. The SMILES string of the molecule is Cc1cc(NC2(CC(=O)O)CCCCC2)n2ncnc2n1. The van der Waals surface area contributed by atoms with Gasteiger partial charge in [-0.2, -0.15) is 14.6 Å². The van der Waals surface area contributed by atoms with E-state index in [0.717, 1.165) is 43.6 Å². The molecule has 21 heavy (non-hydrogen) atoms. The van der Waals surface area contributed by atoms with E-state index in [1.807, 2.05) is 13.0 Å². The van der Waals surface area contributed by atoms with Crippen molar-refractivity contribution in [3.05, 3.63) is 18.1 Å². The van der Waals surface area contributed by atoms with Gasteiger partial charge in [0.15, 0.2) is 0 Å². The lowest BCUT2D eigenvalue weighted by Crippen LogP contribution is -2.43. The second kappa shape index (κ2) is 5.31. The molecule has 2 heterocycles. The Bertz CT molecular complexity index is 660. The van der Waals surface area contributed by atoms with Crippen LogP contribution in [0.25, 0.3) is 5.78 Å². The number of carbonyl (C=O) groups is 1. The van der Waals surface area contributed by atoms with Crippen LogP contribution in [-0.4, -0.2) is 36.2 Å². The Hall–Kier alpha value is -2.18. The molecule has 3 rings (SSSR count). The van der Waals surface area contributed by atoms with E-state index in [2.05, 4.69) is 20.4 Å². The minimum Gasteiger partial charge on any atom is -0.481 e. The first-order valence-electron chi connectivity index (χ1n) is 7.25. The molecule has 0 aromatic carbocycles. The maximum absolute atomic E-state index is 11.3. The summed E-state index contributed by atoms with van der Waals surface area (Å²) in [5.74, 6) is 0.516. The number of carboxylic acid groups (broad SMARTS) is 1. The fourth-order valence-corrected chi connectivity index (χ4v) is 3.16. The molecule has 1 saturated carbocycles. The highest BCUT2D eigenvalue weighted by Gasteiger charge is 2.35. The van der Waals surface area contributed by atoms with Crippen LogP contribution in [0.4, 0.5) is 5.82 Å². The van der Waals surface area contributed by atoms with Crippen LogP contribution in [0.3, 0.4) is 0 Å². The average Bonchev–Trinajstić information content (AvgIpc) is 2.86. The first-order valence-corrected chi connectivity index (χ1v) is 7.25. The van der Waals surface area contributed by atoms with Crippen molar-refractivity contribution in [2.75, 3.05) is 5.32 Å². The van der Waals surface area contributed by atoms with E-state index in [-0.39, 0.29) is 6.42 Å². The normalized spacial score (nSPS) is 17.8. The molecule has 0 spiro atoms. The predicted molar refractivity (Wildman–Crippen MR) is 77.2 cm³/mol. The lowest BCUT2D eigenvalue weighted by atomic mass is 9.79. The van der Waals surface area contributed by atoms with Crippen LogP contribution in [0.5, 0.6) is 0 Å². The van der Waals surface area contributed by atoms with Gasteiger partial charge in [0, 0.05) is 17.3 Å². The van der Waals surface area contributed by atoms with Crippen LogP contribution in [-0.2, 0) is 4.79 Å². The topological polar surface area (TPSA) is 92.4 Å². The van der Waals surface area contributed by atoms with E-state index >= 15 is 0 Å². The molecule has 2 aromatic heterocycles. The number of aromatic nitrogens is 4. The summed E-state index contributed by atoms with van der Waals surface area (Å²) in [6.07, 6.45) is 6.54. The van der Waals surface area contributed by atoms with E-state index in [1.165, 1.54) is 6.33 Å². The van der Waals surface area contributed by atoms with Crippen molar-refractivity contribution in [1.29, 1.82) is 0 Å². The highest BCUT2D eigenvalue weighted by atomic mass is 16.4. The molecule has 1 aliphatic carbocycles. The van der Waals surface area contributed by atoms with E-state index in [1.54, 1.807) is 4.52 Å². The summed E-state index contributed by atoms with van der Waals surface area (Å²) in [5.41, 5.74) is 0.427. The standard InChI is InChI=1S/C14H19N5O2/c1-10-7-11(19-13(17-10)15-9-16-19)18-14(8-12(20)21)5-3-2-4-6-14/h7,9,18H,2-6,8H2,1H3,(H,20,21). The van der Waals surface area contributed by atoms with Crippen molar-refractivity contribution in [2.24, 2.45) is 0 Å². The fourth-order valence-electron chi connectivity index (χ4n) is 3.16. The summed E-state index contributed by atoms with van der Waals surface area (Å²) in [4.78, 5) is 19.7. The van der Waals surface area contributed by atoms with Gasteiger partial charge in [-0.05, 0) is 19.8 Å². The maximum atomic E-state index is 11.3. The monoisotopic (exact) mass is 289 g/mol. The highest BCUT2D eigenvalue weighted by molar-refractivity contribution is 5.69. The number of nitrogens with one attached hydrogen (secondary N) is 1. The first kappa shape index (κ1) is 13.8. The number of anilines is 1. The molecule has 2 N–H and O–H groups in total. The van der Waals surface area contributed by atoms with E-state index in [0.29, 0.717) is 5.78 Å². The van der Waals surface area contributed by atoms with Crippen molar-refractivity contribution in [3.63, 3.8) is 0 Å². The van der Waals surface area contributed by atoms with Gasteiger partial charge in [-0.15, -0.1) is 0 Å². The number of aryl methyl sites for hydroxylation is 1. The van der Waals surface area contributed by atoms with Gasteiger partial charge in [-0.25, -0.2) is 4.98 Å². The highest BCUT2D eigenvalue weighted by Crippen LogP contribution is 2.34. The Kier molecular flexibility index (Phi) is 3.48. The summed E-state index contributed by atoms with van der Waals surface area (Å²) in [6, 6.07) is 1.89. The third-order valence-corrected chi connectivity index (χ3v) is 4.07. The fraction of sp³-hybridized carbons (Fsp3) is 0.571. The van der Waals surface area contributed by atoms with Gasteiger partial charge in [-0.1, -0.05) is 19.3 Å². The van der Waals surface area contributed by atoms with E-state index in [4.69, 9.17) is 0 Å². The minimum atomic E-state index is -0.773. The second-order valence-corrected chi connectivity index (χ2v) is 5.79. The van der Waals surface area contributed by atoms with Crippen LogP contribution < -0.4 is 5.32 Å². The molecule has 0 amide bonds. The average molecular weight is 289 g/mol. The van der Waals surface area contributed by atoms with Crippen LogP contribution >= 0.6 is 0 Å². The van der Waals surface area contributed by atoms with Crippen LogP contribution in [0.2, 0.25) is 0 Å². The van der Waals surface area contributed by atoms with Gasteiger partial charge in [-0.3, -0.25) is 4.79 Å². The van der Waals surface area contributed by atoms with Crippen LogP contribution in [0.1, 0.15) is 44.2 Å². The number of rotatable bonds is 4. The van der Waals surface area contributed by atoms with Crippen molar-refractivity contribution < 1.29 is 9.90 Å². The maximum Gasteiger partial charge on any atom is 0.305 e. The smallest absolute Gasteiger partial charge is 0.305 e. The van der Waals surface area contributed by atoms with Gasteiger partial charge in [0.2, 0.25) is 0 Å². The van der Waals surface area contributed by atoms with Gasteiger partial charge in [0.25, 0.3) is 5.78 Å². The Labute approximate surface area is 122 Å². The number of hydrogen-bond donors (Lipinski definition) is 2. The molecule has 112 valence electrons. The Morgan fingerprint density at radius 3 is 2.90 bits per heavy atom. The first-order chi connectivity index (χ1) is 10.1. The van der Waals surface area contributed by atoms with E-state index in [9.17, 15) is 9.90 Å². The molecule has 1 aliphatic rings. The number of carboxylic acids is 1. The van der Waals surface area contributed by atoms with E-state index < -0.39 is 11.5 Å². The molecule has 2 aromatic rings. The summed E-state index contributed by atoms with van der Waals surface area (Å²) in [7, 11) is 0. The summed E-state index contributed by atoms with van der Waals surface area (Å²) in [6.45, 7) is 1.89. The predicted octanol–water partition coefficient (Wildman–Crippen LogP) is 2.02. The zero-order valence-corrected chi connectivity index (χ0v) is 12.0. The minimum absolute atomic E-state index is 0.116. The van der Waals surface area contributed by atoms with Gasteiger partial charge in [0.05, 0.1) is 6.42 Å². The molecule has 0 unspecified atom stereocenters. The second-order valence-electron chi connectivity index (χ2n) is 5.79. The molecular weight excluding hydrogens is 270 g/mol. The van der Waals surface area contributed by atoms with Gasteiger partial charge in [0.1, 0.15) is 12.1 Å². The largest absolute Gasteiger partial charge is 0.481 e. The lowest BCUT2D eigenvalue weighted by Gasteiger charge is -2.37. The van der Waals surface area contributed by atoms with Crippen LogP contribution in [0, 0.1) is 6.92 Å². The molecule has 0 saturated heterocycles. The van der Waals surface area contributed by atoms with Gasteiger partial charge >= 0.3 is 5.97 Å². The number of aliphatic carboxylic acids is 1. The van der Waals surface area contributed by atoms with Crippen molar-refractivity contribution in [1.82, 2.24) is 19.6 Å². The Morgan fingerprint density at radius 2 is 2.19 bits per heavy atom. The summed E-state index contributed by atoms with van der Waals surface area (Å²) < 4.78 is 1.63. The van der Waals surface area contributed by atoms with Gasteiger partial charge < -0.3 is 10.4 Å². The molecule has 7 heteroatoms. The lowest BCUT2D eigenvalue weighted by molar-refractivity contribution is -0.138. The third kappa shape index (κ3) is 2.81. The Balaban J connectivity index is 1.97. The van der Waals surface area contributed by atoms with Crippen LogP contribution in [0.15, 0.2) is 12.4 Å². The molecule has 0 atom stereocenters. The third-order valence-electron chi connectivity index (χ3n) is 4.07. The van der Waals surface area contributed by atoms with Crippen molar-refractivity contribution in [3.8, 4) is 0 Å². The quantitative estimate of drug-likeness (QED) is 0.894. The zero-order chi connectivity index (χ0) is 14.9. The molecule has 0 bridgehead atoms. The summed E-state index contributed by atoms with van der Waals surface area (Å²) in [5, 5.41) is 16.9. The number of nitrogens with zero attached hydrogens (tertiary/aromatic N) is 4. The number of hydrogen-bond acceptors (Lipinski definition) is 5. The summed E-state index contributed by atoms with van der Waals surface area (Å²) >= 11 is 0. The van der Waals surface area contributed by atoms with Crippen molar-refractivity contribution in [2.45, 2.75) is 51.0 Å². The molecule has 7 nitrogen and oxygen atoms in total. The molecular formula is C14H19N5O2. The Morgan fingerprint density at radius 1 is 1.43 bits per heavy atom. The molecule has 1 fully saturated rings.